The van der Waals surface area contributed by atoms with E-state index in [1.807, 2.05) is 19.1 Å². The number of carbonyl (C=O) groups excluding carboxylic acids is 1. The molecule has 0 saturated carbocycles. The molecule has 2 atom stereocenters. The molecule has 2 bridgehead atoms. The van der Waals surface area contributed by atoms with Gasteiger partial charge in [0.25, 0.3) is 0 Å². The minimum absolute atomic E-state index is 0.208. The fourth-order valence-electron chi connectivity index (χ4n) is 4.13. The van der Waals surface area contributed by atoms with Gasteiger partial charge in [-0.3, -0.25) is 19.7 Å². The number of hydrogen-bond donors (Lipinski definition) is 0. The van der Waals surface area contributed by atoms with Gasteiger partial charge in [-0.25, -0.2) is 0 Å². The number of ketones is 1. The van der Waals surface area contributed by atoms with E-state index in [0.717, 1.165) is 58.2 Å². The molecule has 7 nitrogen and oxygen atoms in total. The number of ether oxygens (including phenoxy) is 1. The van der Waals surface area contributed by atoms with Crippen LogP contribution in [0.4, 0.5) is 0 Å². The summed E-state index contributed by atoms with van der Waals surface area (Å²) in [6.07, 6.45) is 6.20. The molecule has 2 aliphatic heterocycles. The van der Waals surface area contributed by atoms with Crippen LogP contribution in [-0.2, 0) is 16.0 Å². The quantitative estimate of drug-likeness (QED) is 0.656. The van der Waals surface area contributed by atoms with Crippen molar-refractivity contribution in [3.8, 4) is 10.7 Å². The zero-order chi connectivity index (χ0) is 19.1. The van der Waals surface area contributed by atoms with Crippen molar-refractivity contribution in [2.24, 2.45) is 0 Å². The highest BCUT2D eigenvalue weighted by molar-refractivity contribution is 7.14. The highest BCUT2D eigenvalue weighted by Crippen LogP contribution is 2.28. The van der Waals surface area contributed by atoms with E-state index in [4.69, 9.17) is 4.74 Å². The second-order valence-electron chi connectivity index (χ2n) is 7.53. The van der Waals surface area contributed by atoms with Gasteiger partial charge in [0.1, 0.15) is 10.7 Å². The number of morpholine rings is 1. The maximum atomic E-state index is 12.7. The summed E-state index contributed by atoms with van der Waals surface area (Å²) in [5, 5.41) is 11.9. The average molecular weight is 395 g/mol. The van der Waals surface area contributed by atoms with Gasteiger partial charge in [-0.1, -0.05) is 11.3 Å². The number of aryl methyl sites for hydroxylation is 1. The molecule has 5 rings (SSSR count). The van der Waals surface area contributed by atoms with Gasteiger partial charge in [0.05, 0.1) is 26.2 Å². The molecule has 0 N–H and O–H groups in total. The standard InChI is InChI=1S/C20H21N5O2S/c1-12-23-24-20(28-12)19-5-13-4-15(21-7-14(13)8-22-19)6-18(26)9-25-16-2-3-17(25)11-27-10-16/h4-5,7-8,16-17H,2-3,6,9-11H2,1H3. The fourth-order valence-corrected chi connectivity index (χ4v) is 4.79. The van der Waals surface area contributed by atoms with Crippen LogP contribution in [0, 0.1) is 6.92 Å². The lowest BCUT2D eigenvalue weighted by atomic mass is 10.1. The molecule has 3 aromatic rings. The molecule has 0 aliphatic carbocycles. The monoisotopic (exact) mass is 395 g/mol. The van der Waals surface area contributed by atoms with Crippen LogP contribution in [-0.4, -0.2) is 62.7 Å². The summed E-state index contributed by atoms with van der Waals surface area (Å²) < 4.78 is 5.60. The van der Waals surface area contributed by atoms with E-state index in [1.54, 1.807) is 12.4 Å². The zero-order valence-electron chi connectivity index (χ0n) is 15.7. The van der Waals surface area contributed by atoms with Crippen LogP contribution in [0.15, 0.2) is 24.5 Å². The minimum atomic E-state index is 0.208. The molecule has 8 heteroatoms. The van der Waals surface area contributed by atoms with E-state index >= 15 is 0 Å². The third-order valence-electron chi connectivity index (χ3n) is 5.53. The summed E-state index contributed by atoms with van der Waals surface area (Å²) in [6.45, 7) is 3.91. The summed E-state index contributed by atoms with van der Waals surface area (Å²) in [7, 11) is 0. The molecular formula is C20H21N5O2S. The lowest BCUT2D eigenvalue weighted by Gasteiger charge is -2.33. The predicted octanol–water partition coefficient (Wildman–Crippen LogP) is 2.43. The minimum Gasteiger partial charge on any atom is -0.378 e. The Labute approximate surface area is 166 Å². The van der Waals surface area contributed by atoms with E-state index in [2.05, 4.69) is 25.1 Å². The van der Waals surface area contributed by atoms with E-state index in [1.165, 1.54) is 11.3 Å². The molecule has 2 unspecified atom stereocenters. The molecule has 2 aliphatic rings. The smallest absolute Gasteiger partial charge is 0.166 e. The molecule has 3 aromatic heterocycles. The van der Waals surface area contributed by atoms with Gasteiger partial charge < -0.3 is 4.74 Å². The molecule has 28 heavy (non-hydrogen) atoms. The van der Waals surface area contributed by atoms with Crippen molar-refractivity contribution >= 4 is 27.9 Å². The number of carbonyl (C=O) groups is 1. The molecule has 0 radical (unpaired) electrons. The Balaban J connectivity index is 1.33. The summed E-state index contributed by atoms with van der Waals surface area (Å²) in [5.74, 6) is 0.208. The first-order valence-corrected chi connectivity index (χ1v) is 10.4. The average Bonchev–Trinajstić information content (AvgIpc) is 3.20. The topological polar surface area (TPSA) is 81.1 Å². The third kappa shape index (κ3) is 3.43. The van der Waals surface area contributed by atoms with E-state index < -0.39 is 0 Å². The van der Waals surface area contributed by atoms with Gasteiger partial charge in [0.2, 0.25) is 0 Å². The van der Waals surface area contributed by atoms with Crippen LogP contribution in [0.3, 0.4) is 0 Å². The SMILES string of the molecule is Cc1nnc(-c2cc3cc(CC(=O)CN4C5CCC4COC5)ncc3cn2)s1. The van der Waals surface area contributed by atoms with Crippen LogP contribution in [0.1, 0.15) is 23.5 Å². The van der Waals surface area contributed by atoms with Crippen molar-refractivity contribution in [1.82, 2.24) is 25.1 Å². The number of hydrogen-bond acceptors (Lipinski definition) is 8. The number of fused-ring (bicyclic) bond motifs is 3. The molecule has 2 saturated heterocycles. The third-order valence-corrected chi connectivity index (χ3v) is 6.40. The number of rotatable bonds is 5. The Morgan fingerprint density at radius 3 is 2.68 bits per heavy atom. The van der Waals surface area contributed by atoms with E-state index in [-0.39, 0.29) is 5.78 Å². The number of aromatic nitrogens is 4. The first-order chi connectivity index (χ1) is 13.7. The second kappa shape index (κ2) is 7.27. The van der Waals surface area contributed by atoms with Crippen molar-refractivity contribution in [2.75, 3.05) is 19.8 Å². The van der Waals surface area contributed by atoms with Crippen LogP contribution < -0.4 is 0 Å². The highest BCUT2D eigenvalue weighted by atomic mass is 32.1. The van der Waals surface area contributed by atoms with Crippen LogP contribution >= 0.6 is 11.3 Å². The largest absolute Gasteiger partial charge is 0.378 e. The maximum absolute atomic E-state index is 12.7. The molecule has 5 heterocycles. The fraction of sp³-hybridized carbons (Fsp3) is 0.450. The van der Waals surface area contributed by atoms with Gasteiger partial charge in [-0.15, -0.1) is 10.2 Å². The van der Waals surface area contributed by atoms with Gasteiger partial charge in [-0.05, 0) is 37.3 Å². The summed E-state index contributed by atoms with van der Waals surface area (Å²) in [4.78, 5) is 23.9. The number of Topliss-reactive ketones (excluding diaryl/α,β-unsaturated/α-hetero) is 1. The first kappa shape index (κ1) is 17.8. The van der Waals surface area contributed by atoms with Crippen LogP contribution in [0.25, 0.3) is 21.5 Å². The summed E-state index contributed by atoms with van der Waals surface area (Å²) >= 11 is 1.52. The summed E-state index contributed by atoms with van der Waals surface area (Å²) in [6, 6.07) is 4.78. The van der Waals surface area contributed by atoms with Crippen LogP contribution in [0.5, 0.6) is 0 Å². The molecular weight excluding hydrogens is 374 g/mol. The van der Waals surface area contributed by atoms with Crippen molar-refractivity contribution in [2.45, 2.75) is 38.3 Å². The predicted molar refractivity (Wildman–Crippen MR) is 106 cm³/mol. The second-order valence-corrected chi connectivity index (χ2v) is 8.71. The lowest BCUT2D eigenvalue weighted by Crippen LogP contribution is -2.48. The van der Waals surface area contributed by atoms with E-state index in [0.29, 0.717) is 25.0 Å². The highest BCUT2D eigenvalue weighted by Gasteiger charge is 2.37. The van der Waals surface area contributed by atoms with Gasteiger partial charge in [0.15, 0.2) is 10.8 Å². The molecule has 0 spiro atoms. The Bertz CT molecular complexity index is 1020. The van der Waals surface area contributed by atoms with Crippen molar-refractivity contribution in [3.63, 3.8) is 0 Å². The Morgan fingerprint density at radius 1 is 1.14 bits per heavy atom. The molecule has 0 amide bonds. The van der Waals surface area contributed by atoms with E-state index in [9.17, 15) is 4.79 Å². The van der Waals surface area contributed by atoms with Gasteiger partial charge >= 0.3 is 0 Å². The Morgan fingerprint density at radius 2 is 1.93 bits per heavy atom. The van der Waals surface area contributed by atoms with Crippen molar-refractivity contribution in [3.05, 3.63) is 35.2 Å². The molecule has 0 aromatic carbocycles. The van der Waals surface area contributed by atoms with Crippen molar-refractivity contribution in [1.29, 1.82) is 0 Å². The first-order valence-electron chi connectivity index (χ1n) is 9.56. The molecule has 144 valence electrons. The van der Waals surface area contributed by atoms with Crippen molar-refractivity contribution < 1.29 is 9.53 Å². The van der Waals surface area contributed by atoms with Gasteiger partial charge in [-0.2, -0.15) is 0 Å². The normalized spacial score (nSPS) is 22.0. The number of pyridine rings is 2. The number of nitrogens with zero attached hydrogens (tertiary/aromatic N) is 5. The Hall–Kier alpha value is -2.29. The molecule has 2 fully saturated rings. The Kier molecular flexibility index (Phi) is 4.62. The lowest BCUT2D eigenvalue weighted by molar-refractivity contribution is -0.122. The summed E-state index contributed by atoms with van der Waals surface area (Å²) in [5.41, 5.74) is 1.59. The van der Waals surface area contributed by atoms with Crippen LogP contribution in [0.2, 0.25) is 0 Å². The zero-order valence-corrected chi connectivity index (χ0v) is 16.5. The maximum Gasteiger partial charge on any atom is 0.166 e. The van der Waals surface area contributed by atoms with Gasteiger partial charge in [0, 0.05) is 35.6 Å².